The van der Waals surface area contributed by atoms with Crippen LogP contribution >= 0.6 is 0 Å². The summed E-state index contributed by atoms with van der Waals surface area (Å²) in [6.07, 6.45) is 6.63. The third-order valence-corrected chi connectivity index (χ3v) is 5.86. The highest BCUT2D eigenvalue weighted by atomic mass is 32.2. The normalized spacial score (nSPS) is 17.0. The second-order valence-corrected chi connectivity index (χ2v) is 7.72. The van der Waals surface area contributed by atoms with Crippen molar-refractivity contribution < 1.29 is 18.0 Å². The molecule has 1 aromatic rings. The first kappa shape index (κ1) is 17.9. The van der Waals surface area contributed by atoms with E-state index in [0.717, 1.165) is 30.2 Å². The largest absolute Gasteiger partial charge is 0.349 e. The number of hydroxylamine groups is 1. The van der Waals surface area contributed by atoms with E-state index in [1.807, 2.05) is 0 Å². The molecule has 1 aliphatic rings. The van der Waals surface area contributed by atoms with E-state index in [1.54, 1.807) is 12.1 Å². The summed E-state index contributed by atoms with van der Waals surface area (Å²) >= 11 is 0. The molecule has 1 saturated carbocycles. The molecule has 1 aromatic carbocycles. The van der Waals surface area contributed by atoms with E-state index in [4.69, 9.17) is 4.84 Å². The van der Waals surface area contributed by atoms with Gasteiger partial charge in [0.25, 0.3) is 15.9 Å². The molecule has 128 valence electrons. The molecular formula is C16H24N2O4S. The van der Waals surface area contributed by atoms with Crippen molar-refractivity contribution in [2.75, 3.05) is 14.2 Å². The molecule has 1 aliphatic carbocycles. The fourth-order valence-corrected chi connectivity index (χ4v) is 3.76. The van der Waals surface area contributed by atoms with Gasteiger partial charge in [-0.25, -0.2) is 8.42 Å². The maximum atomic E-state index is 12.4. The lowest BCUT2D eigenvalue weighted by Crippen LogP contribution is -2.34. The lowest BCUT2D eigenvalue weighted by Gasteiger charge is -2.17. The minimum absolute atomic E-state index is 0.0374. The van der Waals surface area contributed by atoms with Gasteiger partial charge in [-0.05, 0) is 31.0 Å². The fraction of sp³-hybridized carbons (Fsp3) is 0.562. The van der Waals surface area contributed by atoms with Crippen molar-refractivity contribution in [2.24, 2.45) is 0 Å². The molecule has 0 saturated heterocycles. The molecule has 0 atom stereocenters. The number of hydrogen-bond acceptors (Lipinski definition) is 4. The van der Waals surface area contributed by atoms with E-state index in [-0.39, 0.29) is 16.8 Å². The van der Waals surface area contributed by atoms with Gasteiger partial charge in [0.05, 0.1) is 12.0 Å². The zero-order chi connectivity index (χ0) is 16.9. The predicted molar refractivity (Wildman–Crippen MR) is 87.4 cm³/mol. The number of rotatable bonds is 5. The van der Waals surface area contributed by atoms with Gasteiger partial charge < -0.3 is 5.32 Å². The smallest absolute Gasteiger partial charge is 0.264 e. The molecule has 7 heteroatoms. The van der Waals surface area contributed by atoms with E-state index in [9.17, 15) is 13.2 Å². The molecule has 0 aliphatic heterocycles. The van der Waals surface area contributed by atoms with Gasteiger partial charge >= 0.3 is 0 Å². The predicted octanol–water partition coefficient (Wildman–Crippen LogP) is 2.32. The average Bonchev–Trinajstić information content (AvgIpc) is 2.82. The van der Waals surface area contributed by atoms with E-state index in [2.05, 4.69) is 5.32 Å². The highest BCUT2D eigenvalue weighted by Crippen LogP contribution is 2.19. The highest BCUT2D eigenvalue weighted by Gasteiger charge is 2.22. The van der Waals surface area contributed by atoms with Gasteiger partial charge in [-0.3, -0.25) is 9.63 Å². The van der Waals surface area contributed by atoms with Gasteiger partial charge in [-0.1, -0.05) is 36.2 Å². The van der Waals surface area contributed by atoms with Crippen LogP contribution in [0.4, 0.5) is 0 Å². The first-order valence-corrected chi connectivity index (χ1v) is 9.33. The quantitative estimate of drug-likeness (QED) is 0.659. The van der Waals surface area contributed by atoms with Crippen molar-refractivity contribution >= 4 is 15.9 Å². The summed E-state index contributed by atoms with van der Waals surface area (Å²) in [4.78, 5) is 17.2. The van der Waals surface area contributed by atoms with Crippen molar-refractivity contribution in [2.45, 2.75) is 49.5 Å². The molecule has 0 aromatic heterocycles. The average molecular weight is 340 g/mol. The summed E-state index contributed by atoms with van der Waals surface area (Å²) in [6, 6.07) is 6.20. The van der Waals surface area contributed by atoms with Crippen molar-refractivity contribution in [1.29, 1.82) is 0 Å². The Morgan fingerprint density at radius 3 is 2.48 bits per heavy atom. The summed E-state index contributed by atoms with van der Waals surface area (Å²) in [5.74, 6) is -0.228. The third kappa shape index (κ3) is 4.53. The van der Waals surface area contributed by atoms with Crippen molar-refractivity contribution in [1.82, 2.24) is 9.79 Å². The van der Waals surface area contributed by atoms with Crippen LogP contribution in [0.15, 0.2) is 29.2 Å². The number of sulfonamides is 1. The lowest BCUT2D eigenvalue weighted by molar-refractivity contribution is -0.0258. The Hall–Kier alpha value is -1.44. The molecule has 6 nitrogen and oxygen atoms in total. The van der Waals surface area contributed by atoms with Gasteiger partial charge in [-0.2, -0.15) is 0 Å². The Morgan fingerprint density at radius 2 is 1.87 bits per heavy atom. The van der Waals surface area contributed by atoms with Gasteiger partial charge in [-0.15, -0.1) is 0 Å². The van der Waals surface area contributed by atoms with E-state index < -0.39 is 10.0 Å². The molecule has 0 heterocycles. The zero-order valence-electron chi connectivity index (χ0n) is 13.6. The van der Waals surface area contributed by atoms with Crippen LogP contribution in [0.1, 0.15) is 48.9 Å². The van der Waals surface area contributed by atoms with Crippen LogP contribution in [0.2, 0.25) is 0 Å². The number of nitrogens with zero attached hydrogens (tertiary/aromatic N) is 1. The van der Waals surface area contributed by atoms with Crippen molar-refractivity contribution in [3.05, 3.63) is 29.8 Å². The molecule has 0 bridgehead atoms. The van der Waals surface area contributed by atoms with Gasteiger partial charge in [0.2, 0.25) is 0 Å². The van der Waals surface area contributed by atoms with Crippen LogP contribution < -0.4 is 5.32 Å². The number of benzene rings is 1. The fourth-order valence-electron chi connectivity index (χ4n) is 2.74. The first-order valence-electron chi connectivity index (χ1n) is 7.89. The minimum atomic E-state index is -3.75. The standard InChI is InChI=1S/C16H24N2O4S/c1-18(22-2)23(20,21)15-11-7-8-13(12-15)16(19)17-14-9-5-3-4-6-10-14/h7-8,11-12,14H,3-6,9-10H2,1-2H3,(H,17,19). The number of carbonyl (C=O) groups is 1. The van der Waals surface area contributed by atoms with Crippen LogP contribution in [0.5, 0.6) is 0 Å². The molecular weight excluding hydrogens is 316 g/mol. The summed E-state index contributed by atoms with van der Waals surface area (Å²) in [5.41, 5.74) is 0.347. The van der Waals surface area contributed by atoms with E-state index in [0.29, 0.717) is 5.56 Å². The maximum Gasteiger partial charge on any atom is 0.264 e. The number of amides is 1. The molecule has 0 radical (unpaired) electrons. The van der Waals surface area contributed by atoms with Crippen molar-refractivity contribution in [3.8, 4) is 0 Å². The SMILES string of the molecule is CON(C)S(=O)(=O)c1cccc(C(=O)NC2CCCCCC2)c1. The molecule has 0 spiro atoms. The number of hydrogen-bond donors (Lipinski definition) is 1. The monoisotopic (exact) mass is 340 g/mol. The van der Waals surface area contributed by atoms with E-state index >= 15 is 0 Å². The van der Waals surface area contributed by atoms with E-state index in [1.165, 1.54) is 39.1 Å². The molecule has 2 rings (SSSR count). The maximum absolute atomic E-state index is 12.4. The third-order valence-electron chi connectivity index (χ3n) is 4.18. The summed E-state index contributed by atoms with van der Waals surface area (Å²) in [5, 5.41) is 3.02. The Morgan fingerprint density at radius 1 is 1.22 bits per heavy atom. The molecule has 1 N–H and O–H groups in total. The lowest BCUT2D eigenvalue weighted by atomic mass is 10.1. The van der Waals surface area contributed by atoms with Crippen molar-refractivity contribution in [3.63, 3.8) is 0 Å². The van der Waals surface area contributed by atoms with Crippen LogP contribution in [0.25, 0.3) is 0 Å². The topological polar surface area (TPSA) is 75.7 Å². The Balaban J connectivity index is 2.14. The van der Waals surface area contributed by atoms with Crippen LogP contribution in [0.3, 0.4) is 0 Å². The second-order valence-electron chi connectivity index (χ2n) is 5.79. The minimum Gasteiger partial charge on any atom is -0.349 e. The summed E-state index contributed by atoms with van der Waals surface area (Å²) in [7, 11) is -1.16. The number of carbonyl (C=O) groups excluding carboxylic acids is 1. The molecule has 0 unspecified atom stereocenters. The van der Waals surface area contributed by atoms with Crippen LogP contribution in [-0.4, -0.2) is 39.0 Å². The second kappa shape index (κ2) is 7.90. The zero-order valence-corrected chi connectivity index (χ0v) is 14.4. The highest BCUT2D eigenvalue weighted by molar-refractivity contribution is 7.89. The summed E-state index contributed by atoms with van der Waals surface area (Å²) in [6.45, 7) is 0. The van der Waals surface area contributed by atoms with Gasteiger partial charge in [0.15, 0.2) is 0 Å². The van der Waals surface area contributed by atoms with Gasteiger partial charge in [0.1, 0.15) is 0 Å². The molecule has 1 fully saturated rings. The summed E-state index contributed by atoms with van der Waals surface area (Å²) < 4.78 is 25.3. The van der Waals surface area contributed by atoms with Crippen LogP contribution in [-0.2, 0) is 14.9 Å². The van der Waals surface area contributed by atoms with Crippen LogP contribution in [0, 0.1) is 0 Å². The molecule has 23 heavy (non-hydrogen) atoms. The molecule has 1 amide bonds. The Kier molecular flexibility index (Phi) is 6.15. The Bertz CT molecular complexity index is 637. The Labute approximate surface area is 137 Å². The first-order chi connectivity index (χ1) is 10.9. The number of nitrogens with one attached hydrogen (secondary N) is 1. The van der Waals surface area contributed by atoms with Gasteiger partial charge in [0, 0.05) is 18.7 Å².